The van der Waals surface area contributed by atoms with E-state index in [1.54, 1.807) is 0 Å². The fraction of sp³-hybridized carbons (Fsp3) is 0.250. The zero-order chi connectivity index (χ0) is 13.0. The zero-order valence-corrected chi connectivity index (χ0v) is 11.0. The maximum Gasteiger partial charge on any atom is 0.0576 e. The quantitative estimate of drug-likeness (QED) is 0.862. The van der Waals surface area contributed by atoms with Gasteiger partial charge >= 0.3 is 0 Å². The maximum atomic E-state index is 5.63. The summed E-state index contributed by atoms with van der Waals surface area (Å²) in [7, 11) is 1.99. The molecule has 0 aromatic heterocycles. The van der Waals surface area contributed by atoms with Gasteiger partial charge in [-0.1, -0.05) is 48.5 Å². The lowest BCUT2D eigenvalue weighted by molar-refractivity contribution is 0.687. The van der Waals surface area contributed by atoms with E-state index in [4.69, 9.17) is 5.73 Å². The summed E-state index contributed by atoms with van der Waals surface area (Å²) < 4.78 is 0. The molecule has 94 valence electrons. The Hall–Kier alpha value is -1.64. The maximum absolute atomic E-state index is 5.63. The van der Waals surface area contributed by atoms with Crippen molar-refractivity contribution in [3.63, 3.8) is 0 Å². The van der Waals surface area contributed by atoms with Gasteiger partial charge in [0.2, 0.25) is 0 Å². The highest BCUT2D eigenvalue weighted by molar-refractivity contribution is 5.37. The number of aryl methyl sites for hydroxylation is 1. The molecule has 0 bridgehead atoms. The van der Waals surface area contributed by atoms with Crippen molar-refractivity contribution in [1.82, 2.24) is 5.32 Å². The first-order valence-electron chi connectivity index (χ1n) is 6.28. The van der Waals surface area contributed by atoms with Crippen LogP contribution in [0.15, 0.2) is 48.5 Å². The standard InChI is InChI=1S/C16H20N2/c1-12-5-3-4-6-15(12)16(18-2)14-9-7-13(11-17)8-10-14/h3-10,16,18H,11,17H2,1-2H3. The Labute approximate surface area is 109 Å². The molecule has 0 radical (unpaired) electrons. The number of benzene rings is 2. The van der Waals surface area contributed by atoms with Gasteiger partial charge in [-0.2, -0.15) is 0 Å². The molecule has 1 unspecified atom stereocenters. The fourth-order valence-corrected chi connectivity index (χ4v) is 2.26. The van der Waals surface area contributed by atoms with Crippen LogP contribution in [0, 0.1) is 6.92 Å². The third kappa shape index (κ3) is 2.61. The highest BCUT2D eigenvalue weighted by atomic mass is 14.9. The highest BCUT2D eigenvalue weighted by Gasteiger charge is 2.13. The summed E-state index contributed by atoms with van der Waals surface area (Å²) in [5.41, 5.74) is 10.7. The number of hydrogen-bond acceptors (Lipinski definition) is 2. The first-order chi connectivity index (χ1) is 8.76. The van der Waals surface area contributed by atoms with Crippen molar-refractivity contribution < 1.29 is 0 Å². The SMILES string of the molecule is CNC(c1ccc(CN)cc1)c1ccccc1C. The van der Waals surface area contributed by atoms with Crippen LogP contribution >= 0.6 is 0 Å². The van der Waals surface area contributed by atoms with E-state index in [1.165, 1.54) is 22.3 Å². The van der Waals surface area contributed by atoms with E-state index in [-0.39, 0.29) is 6.04 Å². The van der Waals surface area contributed by atoms with Gasteiger partial charge in [0.15, 0.2) is 0 Å². The minimum Gasteiger partial charge on any atom is -0.326 e. The lowest BCUT2D eigenvalue weighted by Crippen LogP contribution is -2.18. The Balaban J connectivity index is 2.36. The molecular weight excluding hydrogens is 220 g/mol. The molecule has 0 heterocycles. The Morgan fingerprint density at radius 1 is 1.06 bits per heavy atom. The summed E-state index contributed by atoms with van der Waals surface area (Å²) in [6.07, 6.45) is 0. The molecule has 0 saturated carbocycles. The molecule has 3 N–H and O–H groups in total. The van der Waals surface area contributed by atoms with Gasteiger partial charge in [-0.25, -0.2) is 0 Å². The molecule has 2 nitrogen and oxygen atoms in total. The topological polar surface area (TPSA) is 38.0 Å². The second-order valence-electron chi connectivity index (χ2n) is 4.52. The smallest absolute Gasteiger partial charge is 0.0576 e. The van der Waals surface area contributed by atoms with Crippen molar-refractivity contribution in [2.24, 2.45) is 5.73 Å². The van der Waals surface area contributed by atoms with Gasteiger partial charge in [0.05, 0.1) is 6.04 Å². The van der Waals surface area contributed by atoms with Crippen LogP contribution in [0.1, 0.15) is 28.3 Å². The van der Waals surface area contributed by atoms with Gasteiger partial charge in [0.25, 0.3) is 0 Å². The van der Waals surface area contributed by atoms with Gasteiger partial charge in [0.1, 0.15) is 0 Å². The minimum absolute atomic E-state index is 0.234. The molecule has 2 heteroatoms. The van der Waals surface area contributed by atoms with Gasteiger partial charge < -0.3 is 11.1 Å². The second kappa shape index (κ2) is 5.80. The molecule has 0 aliphatic heterocycles. The lowest BCUT2D eigenvalue weighted by Gasteiger charge is -2.19. The summed E-state index contributed by atoms with van der Waals surface area (Å²) in [5, 5.41) is 3.38. The molecule has 2 aromatic carbocycles. The molecule has 18 heavy (non-hydrogen) atoms. The third-order valence-corrected chi connectivity index (χ3v) is 3.34. The van der Waals surface area contributed by atoms with Crippen molar-refractivity contribution >= 4 is 0 Å². The molecule has 1 atom stereocenters. The highest BCUT2D eigenvalue weighted by Crippen LogP contribution is 2.24. The van der Waals surface area contributed by atoms with E-state index in [0.717, 1.165) is 0 Å². The first-order valence-corrected chi connectivity index (χ1v) is 6.28. The normalized spacial score (nSPS) is 12.4. The monoisotopic (exact) mass is 240 g/mol. The van der Waals surface area contributed by atoms with E-state index in [2.05, 4.69) is 60.8 Å². The van der Waals surface area contributed by atoms with E-state index in [1.807, 2.05) is 7.05 Å². The molecule has 0 aliphatic rings. The molecule has 0 amide bonds. The van der Waals surface area contributed by atoms with Crippen LogP contribution in [0.4, 0.5) is 0 Å². The second-order valence-corrected chi connectivity index (χ2v) is 4.52. The van der Waals surface area contributed by atoms with E-state index >= 15 is 0 Å². The van der Waals surface area contributed by atoms with E-state index in [9.17, 15) is 0 Å². The number of rotatable bonds is 4. The number of nitrogens with one attached hydrogen (secondary N) is 1. The predicted molar refractivity (Wildman–Crippen MR) is 76.4 cm³/mol. The Morgan fingerprint density at radius 2 is 1.72 bits per heavy atom. The number of nitrogens with two attached hydrogens (primary N) is 1. The summed E-state index contributed by atoms with van der Waals surface area (Å²) in [6, 6.07) is 17.2. The molecule has 0 saturated heterocycles. The molecule has 2 rings (SSSR count). The van der Waals surface area contributed by atoms with Crippen LogP contribution in [-0.4, -0.2) is 7.05 Å². The predicted octanol–water partition coefficient (Wildman–Crippen LogP) is 2.76. The number of hydrogen-bond donors (Lipinski definition) is 2. The zero-order valence-electron chi connectivity index (χ0n) is 11.0. The molecule has 0 aliphatic carbocycles. The van der Waals surface area contributed by atoms with Crippen molar-refractivity contribution in [3.8, 4) is 0 Å². The van der Waals surface area contributed by atoms with Crippen LogP contribution in [0.5, 0.6) is 0 Å². The summed E-state index contributed by atoms with van der Waals surface area (Å²) >= 11 is 0. The van der Waals surface area contributed by atoms with E-state index < -0.39 is 0 Å². The first kappa shape index (κ1) is 12.8. The van der Waals surface area contributed by atoms with E-state index in [0.29, 0.717) is 6.54 Å². The van der Waals surface area contributed by atoms with Crippen molar-refractivity contribution in [3.05, 3.63) is 70.8 Å². The summed E-state index contributed by atoms with van der Waals surface area (Å²) in [5.74, 6) is 0. The van der Waals surface area contributed by atoms with Gasteiger partial charge in [-0.15, -0.1) is 0 Å². The van der Waals surface area contributed by atoms with Gasteiger partial charge in [-0.3, -0.25) is 0 Å². The average Bonchev–Trinajstić information content (AvgIpc) is 2.42. The largest absolute Gasteiger partial charge is 0.326 e. The van der Waals surface area contributed by atoms with Gasteiger partial charge in [0, 0.05) is 6.54 Å². The van der Waals surface area contributed by atoms with Crippen molar-refractivity contribution in [2.75, 3.05) is 7.05 Å². The Bertz CT molecular complexity index is 503. The van der Waals surface area contributed by atoms with Crippen LogP contribution in [0.2, 0.25) is 0 Å². The molecule has 0 spiro atoms. The van der Waals surface area contributed by atoms with Gasteiger partial charge in [-0.05, 0) is 36.2 Å². The fourth-order valence-electron chi connectivity index (χ4n) is 2.26. The Morgan fingerprint density at radius 3 is 2.28 bits per heavy atom. The molecular formula is C16H20N2. The average molecular weight is 240 g/mol. The van der Waals surface area contributed by atoms with Crippen LogP contribution in [0.25, 0.3) is 0 Å². The lowest BCUT2D eigenvalue weighted by atomic mass is 9.94. The third-order valence-electron chi connectivity index (χ3n) is 3.34. The van der Waals surface area contributed by atoms with Crippen LogP contribution < -0.4 is 11.1 Å². The Kier molecular flexibility index (Phi) is 4.13. The van der Waals surface area contributed by atoms with Crippen molar-refractivity contribution in [2.45, 2.75) is 19.5 Å². The van der Waals surface area contributed by atoms with Crippen molar-refractivity contribution in [1.29, 1.82) is 0 Å². The minimum atomic E-state index is 0.234. The summed E-state index contributed by atoms with van der Waals surface area (Å²) in [6.45, 7) is 2.74. The molecule has 0 fully saturated rings. The summed E-state index contributed by atoms with van der Waals surface area (Å²) in [4.78, 5) is 0. The van der Waals surface area contributed by atoms with Crippen LogP contribution in [0.3, 0.4) is 0 Å². The molecule has 2 aromatic rings. The van der Waals surface area contributed by atoms with Crippen LogP contribution in [-0.2, 0) is 6.54 Å².